The van der Waals surface area contributed by atoms with Gasteiger partial charge in [-0.2, -0.15) is 0 Å². The monoisotopic (exact) mass is 345 g/mol. The molecule has 0 saturated carbocycles. The molecule has 6 heteroatoms. The number of nitrogens with zero attached hydrogens (tertiary/aromatic N) is 1. The maximum Gasteiger partial charge on any atom is 0.191 e. The Morgan fingerprint density at radius 3 is 2.44 bits per heavy atom. The predicted octanol–water partition coefficient (Wildman–Crippen LogP) is 2.75. The molecule has 0 heterocycles. The molecule has 134 valence electrons. The molecule has 2 aromatic carbocycles. The van der Waals surface area contributed by atoms with E-state index in [0.717, 1.165) is 29.0 Å². The number of rotatable bonds is 7. The third-order valence-electron chi connectivity index (χ3n) is 3.78. The zero-order valence-corrected chi connectivity index (χ0v) is 14.8. The minimum atomic E-state index is -0.220. The second-order valence-corrected chi connectivity index (χ2v) is 5.41. The molecule has 2 N–H and O–H groups in total. The van der Waals surface area contributed by atoms with Crippen molar-refractivity contribution in [3.8, 4) is 11.5 Å². The number of methoxy groups -OCH3 is 2. The largest absolute Gasteiger partial charge is 0.497 e. The quantitative estimate of drug-likeness (QED) is 0.598. The fourth-order valence-corrected chi connectivity index (χ4v) is 2.37. The van der Waals surface area contributed by atoms with Crippen molar-refractivity contribution < 1.29 is 13.9 Å². The van der Waals surface area contributed by atoms with Crippen molar-refractivity contribution in [2.45, 2.75) is 13.0 Å². The van der Waals surface area contributed by atoms with Gasteiger partial charge in [0.2, 0.25) is 0 Å². The molecule has 0 atom stereocenters. The van der Waals surface area contributed by atoms with Crippen molar-refractivity contribution in [2.24, 2.45) is 4.99 Å². The fraction of sp³-hybridized carbons (Fsp3) is 0.316. The van der Waals surface area contributed by atoms with Crippen molar-refractivity contribution in [1.82, 2.24) is 10.6 Å². The third kappa shape index (κ3) is 5.67. The topological polar surface area (TPSA) is 54.9 Å². The van der Waals surface area contributed by atoms with Gasteiger partial charge in [0.15, 0.2) is 5.96 Å². The molecule has 25 heavy (non-hydrogen) atoms. The van der Waals surface area contributed by atoms with Gasteiger partial charge in [-0.15, -0.1) is 0 Å². The highest BCUT2D eigenvalue weighted by Gasteiger charge is 2.06. The lowest BCUT2D eigenvalue weighted by atomic mass is 10.1. The van der Waals surface area contributed by atoms with Crippen LogP contribution >= 0.6 is 0 Å². The molecule has 0 spiro atoms. The highest BCUT2D eigenvalue weighted by molar-refractivity contribution is 5.79. The van der Waals surface area contributed by atoms with Crippen LogP contribution in [0, 0.1) is 5.82 Å². The Balaban J connectivity index is 1.85. The Kier molecular flexibility index (Phi) is 7.07. The van der Waals surface area contributed by atoms with Crippen molar-refractivity contribution in [2.75, 3.05) is 27.8 Å². The average molecular weight is 345 g/mol. The molecule has 2 rings (SSSR count). The number of nitrogens with one attached hydrogen (secondary N) is 2. The lowest BCUT2D eigenvalue weighted by molar-refractivity contribution is 0.390. The van der Waals surface area contributed by atoms with Crippen molar-refractivity contribution in [3.63, 3.8) is 0 Å². The second-order valence-electron chi connectivity index (χ2n) is 5.41. The molecule has 0 saturated heterocycles. The normalized spacial score (nSPS) is 11.1. The first kappa shape index (κ1) is 18.6. The third-order valence-corrected chi connectivity index (χ3v) is 3.78. The van der Waals surface area contributed by atoms with Crippen LogP contribution in [0.3, 0.4) is 0 Å². The van der Waals surface area contributed by atoms with Crippen LogP contribution < -0.4 is 20.1 Å². The van der Waals surface area contributed by atoms with Crippen LogP contribution in [0.5, 0.6) is 11.5 Å². The number of hydrogen-bond acceptors (Lipinski definition) is 3. The fourth-order valence-electron chi connectivity index (χ4n) is 2.37. The minimum Gasteiger partial charge on any atom is -0.497 e. The van der Waals surface area contributed by atoms with E-state index in [1.54, 1.807) is 33.4 Å². The van der Waals surface area contributed by atoms with E-state index in [1.165, 1.54) is 12.1 Å². The van der Waals surface area contributed by atoms with E-state index >= 15 is 0 Å². The summed E-state index contributed by atoms with van der Waals surface area (Å²) in [6.45, 7) is 1.27. The highest BCUT2D eigenvalue weighted by atomic mass is 19.1. The molecule has 0 amide bonds. The molecule has 0 unspecified atom stereocenters. The maximum absolute atomic E-state index is 12.9. The molecule has 0 aliphatic carbocycles. The van der Waals surface area contributed by atoms with Crippen molar-refractivity contribution in [3.05, 3.63) is 59.4 Å². The van der Waals surface area contributed by atoms with Crippen molar-refractivity contribution in [1.29, 1.82) is 0 Å². The first-order valence-electron chi connectivity index (χ1n) is 8.06. The SMILES string of the molecule is CN=C(NCCc1ccc(F)cc1)NCc1ccc(OC)cc1OC. The number of ether oxygens (including phenoxy) is 2. The van der Waals surface area contributed by atoms with E-state index in [9.17, 15) is 4.39 Å². The number of hydrogen-bond donors (Lipinski definition) is 2. The zero-order valence-electron chi connectivity index (χ0n) is 14.8. The lowest BCUT2D eigenvalue weighted by Gasteiger charge is -2.14. The van der Waals surface area contributed by atoms with Crippen LogP contribution in [0.1, 0.15) is 11.1 Å². The summed E-state index contributed by atoms with van der Waals surface area (Å²) in [5.41, 5.74) is 2.07. The van der Waals surface area contributed by atoms with E-state index < -0.39 is 0 Å². The van der Waals surface area contributed by atoms with Crippen LogP contribution in [0.25, 0.3) is 0 Å². The van der Waals surface area contributed by atoms with Crippen LogP contribution in [-0.2, 0) is 13.0 Å². The Labute approximate surface area is 147 Å². The molecule has 0 radical (unpaired) electrons. The summed E-state index contributed by atoms with van der Waals surface area (Å²) in [5, 5.41) is 6.49. The summed E-state index contributed by atoms with van der Waals surface area (Å²) in [4.78, 5) is 4.21. The molecule has 0 aliphatic rings. The van der Waals surface area contributed by atoms with Gasteiger partial charge in [0.05, 0.1) is 14.2 Å². The predicted molar refractivity (Wildman–Crippen MR) is 97.9 cm³/mol. The molecule has 0 aliphatic heterocycles. The molecule has 0 fully saturated rings. The molecule has 0 bridgehead atoms. The molecule has 5 nitrogen and oxygen atoms in total. The summed E-state index contributed by atoms with van der Waals surface area (Å²) in [5.74, 6) is 1.98. The molecule has 2 aromatic rings. The van der Waals surface area contributed by atoms with E-state index in [4.69, 9.17) is 9.47 Å². The van der Waals surface area contributed by atoms with Crippen LogP contribution in [0.4, 0.5) is 4.39 Å². The first-order chi connectivity index (χ1) is 12.2. The van der Waals surface area contributed by atoms with Crippen LogP contribution in [0.15, 0.2) is 47.5 Å². The molecular weight excluding hydrogens is 321 g/mol. The number of aliphatic imine (C=N–C) groups is 1. The van der Waals surface area contributed by atoms with Crippen molar-refractivity contribution >= 4 is 5.96 Å². The maximum atomic E-state index is 12.9. The standard InChI is InChI=1S/C19H24FN3O2/c1-21-19(22-11-10-14-4-7-16(20)8-5-14)23-13-15-6-9-17(24-2)12-18(15)25-3/h4-9,12H,10-11,13H2,1-3H3,(H2,21,22,23). The van der Waals surface area contributed by atoms with Gasteiger partial charge < -0.3 is 20.1 Å². The van der Waals surface area contributed by atoms with Gasteiger partial charge in [-0.05, 0) is 36.2 Å². The van der Waals surface area contributed by atoms with Gasteiger partial charge in [0, 0.05) is 31.8 Å². The number of guanidine groups is 1. The smallest absolute Gasteiger partial charge is 0.191 e. The summed E-state index contributed by atoms with van der Waals surface area (Å²) in [6.07, 6.45) is 0.785. The van der Waals surface area contributed by atoms with Gasteiger partial charge in [-0.3, -0.25) is 4.99 Å². The summed E-state index contributed by atoms with van der Waals surface area (Å²) in [6, 6.07) is 12.2. The van der Waals surface area contributed by atoms with E-state index in [0.29, 0.717) is 19.0 Å². The van der Waals surface area contributed by atoms with E-state index in [2.05, 4.69) is 15.6 Å². The van der Waals surface area contributed by atoms with Gasteiger partial charge in [-0.25, -0.2) is 4.39 Å². The summed E-state index contributed by atoms with van der Waals surface area (Å²) in [7, 11) is 4.98. The van der Waals surface area contributed by atoms with Gasteiger partial charge in [0.25, 0.3) is 0 Å². The number of halogens is 1. The molecule has 0 aromatic heterocycles. The highest BCUT2D eigenvalue weighted by Crippen LogP contribution is 2.24. The Hall–Kier alpha value is -2.76. The summed E-state index contributed by atoms with van der Waals surface area (Å²) >= 11 is 0. The van der Waals surface area contributed by atoms with Crippen LogP contribution in [0.2, 0.25) is 0 Å². The Bertz CT molecular complexity index is 702. The summed E-state index contributed by atoms with van der Waals surface area (Å²) < 4.78 is 23.5. The number of benzene rings is 2. The first-order valence-corrected chi connectivity index (χ1v) is 8.06. The minimum absolute atomic E-state index is 0.220. The second kappa shape index (κ2) is 9.52. The molecular formula is C19H24FN3O2. The van der Waals surface area contributed by atoms with Crippen LogP contribution in [-0.4, -0.2) is 33.8 Å². The Morgan fingerprint density at radius 2 is 1.80 bits per heavy atom. The Morgan fingerprint density at radius 1 is 1.04 bits per heavy atom. The van der Waals surface area contributed by atoms with E-state index in [-0.39, 0.29) is 5.82 Å². The van der Waals surface area contributed by atoms with E-state index in [1.807, 2.05) is 18.2 Å². The zero-order chi connectivity index (χ0) is 18.1. The average Bonchev–Trinajstić information content (AvgIpc) is 2.65. The van der Waals surface area contributed by atoms with Gasteiger partial charge in [-0.1, -0.05) is 12.1 Å². The van der Waals surface area contributed by atoms with Gasteiger partial charge >= 0.3 is 0 Å². The van der Waals surface area contributed by atoms with Gasteiger partial charge in [0.1, 0.15) is 17.3 Å². The lowest BCUT2D eigenvalue weighted by Crippen LogP contribution is -2.37.